The van der Waals surface area contributed by atoms with E-state index >= 15 is 0 Å². The average Bonchev–Trinajstić information content (AvgIpc) is 2.21. The lowest BCUT2D eigenvalue weighted by Gasteiger charge is -2.13. The van der Waals surface area contributed by atoms with Crippen LogP contribution in [0.1, 0.15) is 45.4 Å². The van der Waals surface area contributed by atoms with Crippen LogP contribution in [0.4, 0.5) is 0 Å². The van der Waals surface area contributed by atoms with Gasteiger partial charge in [0.05, 0.1) is 0 Å². The summed E-state index contributed by atoms with van der Waals surface area (Å²) >= 11 is 0. The van der Waals surface area contributed by atoms with Gasteiger partial charge < -0.3 is 5.32 Å². The molecule has 0 aliphatic carbocycles. The van der Waals surface area contributed by atoms with E-state index in [4.69, 9.17) is 6.42 Å². The molecule has 0 aromatic heterocycles. The van der Waals surface area contributed by atoms with E-state index in [0.29, 0.717) is 6.04 Å². The average molecular weight is 193 g/mol. The van der Waals surface area contributed by atoms with Gasteiger partial charge in [-0.2, -0.15) is 0 Å². The Bertz CT molecular complexity index is 167. The molecular formula is C13H23N. The van der Waals surface area contributed by atoms with E-state index in [9.17, 15) is 0 Å². The zero-order valence-corrected chi connectivity index (χ0v) is 9.39. The zero-order chi connectivity index (χ0) is 10.6. The Balaban J connectivity index is 3.24. The van der Waals surface area contributed by atoms with Crippen molar-refractivity contribution in [1.82, 2.24) is 5.32 Å². The van der Waals surface area contributed by atoms with E-state index in [2.05, 4.69) is 24.7 Å². The van der Waals surface area contributed by atoms with Crippen LogP contribution in [0.25, 0.3) is 0 Å². The summed E-state index contributed by atoms with van der Waals surface area (Å²) in [6.07, 6.45) is 14.2. The third-order valence-electron chi connectivity index (χ3n) is 2.38. The Morgan fingerprint density at radius 1 is 1.43 bits per heavy atom. The summed E-state index contributed by atoms with van der Waals surface area (Å²) in [5.41, 5.74) is 0. The second-order valence-corrected chi connectivity index (χ2v) is 3.61. The molecule has 0 spiro atoms. The minimum absolute atomic E-state index is 0.513. The Morgan fingerprint density at radius 3 is 2.79 bits per heavy atom. The molecular weight excluding hydrogens is 170 g/mol. The minimum atomic E-state index is 0.513. The number of allylic oxidation sites excluding steroid dienone is 1. The smallest absolute Gasteiger partial charge is 0.0240 e. The van der Waals surface area contributed by atoms with Crippen molar-refractivity contribution >= 4 is 0 Å². The maximum atomic E-state index is 5.27. The summed E-state index contributed by atoms with van der Waals surface area (Å²) in [4.78, 5) is 0. The number of unbranched alkanes of at least 4 members (excludes halogenated alkanes) is 3. The molecule has 80 valence electrons. The number of rotatable bonds is 9. The third kappa shape index (κ3) is 7.89. The van der Waals surface area contributed by atoms with Gasteiger partial charge in [0.25, 0.3) is 0 Å². The molecule has 0 saturated carbocycles. The molecule has 1 atom stereocenters. The SMILES string of the molecule is C#CCC(CC)NCCCCCC=C. The highest BCUT2D eigenvalue weighted by Gasteiger charge is 2.01. The van der Waals surface area contributed by atoms with Gasteiger partial charge >= 0.3 is 0 Å². The fourth-order valence-electron chi connectivity index (χ4n) is 1.40. The molecule has 0 rings (SSSR count). The molecule has 0 saturated heterocycles. The van der Waals surface area contributed by atoms with Gasteiger partial charge in [-0.3, -0.25) is 0 Å². The van der Waals surface area contributed by atoms with Crippen LogP contribution < -0.4 is 5.32 Å². The third-order valence-corrected chi connectivity index (χ3v) is 2.38. The summed E-state index contributed by atoms with van der Waals surface area (Å²) in [5, 5.41) is 3.48. The number of hydrogen-bond donors (Lipinski definition) is 1. The molecule has 0 aromatic carbocycles. The molecule has 0 aromatic rings. The molecule has 1 nitrogen and oxygen atoms in total. The molecule has 0 amide bonds. The van der Waals surface area contributed by atoms with Crippen molar-refractivity contribution in [2.45, 2.75) is 51.5 Å². The van der Waals surface area contributed by atoms with Crippen LogP contribution in [0.15, 0.2) is 12.7 Å². The molecule has 0 fully saturated rings. The Kier molecular flexibility index (Phi) is 9.79. The fourth-order valence-corrected chi connectivity index (χ4v) is 1.40. The standard InChI is InChI=1S/C13H23N/c1-4-7-8-9-10-12-14-13(6-3)11-5-2/h2,4,13-14H,1,6-12H2,3H3. The predicted molar refractivity (Wildman–Crippen MR) is 64.2 cm³/mol. The fraction of sp³-hybridized carbons (Fsp3) is 0.692. The van der Waals surface area contributed by atoms with Crippen LogP contribution >= 0.6 is 0 Å². The predicted octanol–water partition coefficient (Wildman–Crippen LogP) is 3.12. The molecule has 0 heterocycles. The van der Waals surface area contributed by atoms with Crippen LogP contribution in [0.3, 0.4) is 0 Å². The Hall–Kier alpha value is -0.740. The van der Waals surface area contributed by atoms with E-state index < -0.39 is 0 Å². The largest absolute Gasteiger partial charge is 0.313 e. The van der Waals surface area contributed by atoms with Crippen LogP contribution in [0.5, 0.6) is 0 Å². The first-order valence-electron chi connectivity index (χ1n) is 5.62. The van der Waals surface area contributed by atoms with Gasteiger partial charge in [0, 0.05) is 12.5 Å². The number of nitrogens with one attached hydrogen (secondary N) is 1. The first kappa shape index (κ1) is 13.3. The zero-order valence-electron chi connectivity index (χ0n) is 9.39. The lowest BCUT2D eigenvalue weighted by molar-refractivity contribution is 0.490. The van der Waals surface area contributed by atoms with Crippen LogP contribution in [-0.2, 0) is 0 Å². The van der Waals surface area contributed by atoms with E-state index in [1.165, 1.54) is 19.3 Å². The Labute approximate surface area is 89.0 Å². The van der Waals surface area contributed by atoms with Crippen molar-refractivity contribution in [2.75, 3.05) is 6.54 Å². The molecule has 0 bridgehead atoms. The first-order valence-corrected chi connectivity index (χ1v) is 5.62. The van der Waals surface area contributed by atoms with E-state index in [1.54, 1.807) is 0 Å². The molecule has 1 unspecified atom stereocenters. The second-order valence-electron chi connectivity index (χ2n) is 3.61. The maximum absolute atomic E-state index is 5.27. The van der Waals surface area contributed by atoms with Crippen molar-refractivity contribution in [3.8, 4) is 12.3 Å². The van der Waals surface area contributed by atoms with Gasteiger partial charge in [-0.15, -0.1) is 18.9 Å². The van der Waals surface area contributed by atoms with Crippen molar-refractivity contribution < 1.29 is 0 Å². The molecule has 1 heteroatoms. The van der Waals surface area contributed by atoms with Crippen molar-refractivity contribution in [1.29, 1.82) is 0 Å². The van der Waals surface area contributed by atoms with E-state index in [0.717, 1.165) is 25.8 Å². The van der Waals surface area contributed by atoms with Crippen molar-refractivity contribution in [3.63, 3.8) is 0 Å². The summed E-state index contributed by atoms with van der Waals surface area (Å²) in [6, 6.07) is 0.513. The quantitative estimate of drug-likeness (QED) is 0.337. The Morgan fingerprint density at radius 2 is 2.21 bits per heavy atom. The molecule has 0 aliphatic heterocycles. The molecule has 0 radical (unpaired) electrons. The summed E-state index contributed by atoms with van der Waals surface area (Å²) < 4.78 is 0. The van der Waals surface area contributed by atoms with E-state index in [1.807, 2.05) is 6.08 Å². The maximum Gasteiger partial charge on any atom is 0.0240 e. The highest BCUT2D eigenvalue weighted by atomic mass is 14.9. The second kappa shape index (κ2) is 10.3. The van der Waals surface area contributed by atoms with Crippen molar-refractivity contribution in [2.24, 2.45) is 0 Å². The van der Waals surface area contributed by atoms with Gasteiger partial charge in [0.2, 0.25) is 0 Å². The van der Waals surface area contributed by atoms with Gasteiger partial charge in [0.1, 0.15) is 0 Å². The van der Waals surface area contributed by atoms with Crippen molar-refractivity contribution in [3.05, 3.63) is 12.7 Å². The van der Waals surface area contributed by atoms with Gasteiger partial charge in [-0.1, -0.05) is 19.4 Å². The van der Waals surface area contributed by atoms with E-state index in [-0.39, 0.29) is 0 Å². The summed E-state index contributed by atoms with van der Waals surface area (Å²) in [6.45, 7) is 6.97. The summed E-state index contributed by atoms with van der Waals surface area (Å²) in [7, 11) is 0. The topological polar surface area (TPSA) is 12.0 Å². The van der Waals surface area contributed by atoms with Crippen LogP contribution in [-0.4, -0.2) is 12.6 Å². The summed E-state index contributed by atoms with van der Waals surface area (Å²) in [5.74, 6) is 2.70. The first-order chi connectivity index (χ1) is 6.85. The highest BCUT2D eigenvalue weighted by Crippen LogP contribution is 2.01. The molecule has 14 heavy (non-hydrogen) atoms. The van der Waals surface area contributed by atoms with Crippen LogP contribution in [0.2, 0.25) is 0 Å². The molecule has 0 aliphatic rings. The normalized spacial score (nSPS) is 12.0. The number of terminal acetylenes is 1. The lowest BCUT2D eigenvalue weighted by Crippen LogP contribution is -2.28. The lowest BCUT2D eigenvalue weighted by atomic mass is 10.1. The van der Waals surface area contributed by atoms with Crippen LogP contribution in [0, 0.1) is 12.3 Å². The van der Waals surface area contributed by atoms with Gasteiger partial charge in [-0.25, -0.2) is 0 Å². The minimum Gasteiger partial charge on any atom is -0.313 e. The monoisotopic (exact) mass is 193 g/mol. The van der Waals surface area contributed by atoms with Gasteiger partial charge in [0.15, 0.2) is 0 Å². The highest BCUT2D eigenvalue weighted by molar-refractivity contribution is 4.89. The van der Waals surface area contributed by atoms with Gasteiger partial charge in [-0.05, 0) is 32.2 Å². The number of hydrogen-bond acceptors (Lipinski definition) is 1. The molecule has 1 N–H and O–H groups in total.